The van der Waals surface area contributed by atoms with E-state index in [1.165, 1.54) is 7.11 Å². The van der Waals surface area contributed by atoms with Crippen LogP contribution in [0.4, 0.5) is 0 Å². The van der Waals surface area contributed by atoms with E-state index in [1.54, 1.807) is 0 Å². The SMILES string of the molecule is CC=CC1(C(=O)OC)CC1(C)C. The summed E-state index contributed by atoms with van der Waals surface area (Å²) in [4.78, 5) is 11.4. The molecule has 2 nitrogen and oxygen atoms in total. The number of hydrogen-bond donors (Lipinski definition) is 0. The molecule has 12 heavy (non-hydrogen) atoms. The third kappa shape index (κ3) is 1.06. The Morgan fingerprint density at radius 2 is 2.00 bits per heavy atom. The first-order chi connectivity index (χ1) is 5.50. The summed E-state index contributed by atoms with van der Waals surface area (Å²) in [6, 6.07) is 0. The highest BCUT2D eigenvalue weighted by molar-refractivity contribution is 5.84. The van der Waals surface area contributed by atoms with Crippen LogP contribution in [-0.4, -0.2) is 13.1 Å². The number of carbonyl (C=O) groups is 1. The molecule has 0 N–H and O–H groups in total. The molecule has 0 spiro atoms. The van der Waals surface area contributed by atoms with Gasteiger partial charge in [-0.15, -0.1) is 0 Å². The molecule has 0 amide bonds. The van der Waals surface area contributed by atoms with Crippen LogP contribution in [0.5, 0.6) is 0 Å². The van der Waals surface area contributed by atoms with Gasteiger partial charge in [0.15, 0.2) is 0 Å². The first-order valence-electron chi connectivity index (χ1n) is 4.22. The second kappa shape index (κ2) is 2.61. The normalized spacial score (nSPS) is 32.0. The third-order valence-electron chi connectivity index (χ3n) is 2.80. The Kier molecular flexibility index (Phi) is 2.02. The van der Waals surface area contributed by atoms with Crippen LogP contribution < -0.4 is 0 Å². The average Bonchev–Trinajstić information content (AvgIpc) is 2.54. The highest BCUT2D eigenvalue weighted by Crippen LogP contribution is 2.64. The fourth-order valence-electron chi connectivity index (χ4n) is 1.82. The van der Waals surface area contributed by atoms with Crippen molar-refractivity contribution in [3.8, 4) is 0 Å². The third-order valence-corrected chi connectivity index (χ3v) is 2.80. The van der Waals surface area contributed by atoms with Gasteiger partial charge in [-0.2, -0.15) is 0 Å². The minimum Gasteiger partial charge on any atom is -0.468 e. The lowest BCUT2D eigenvalue weighted by Gasteiger charge is -2.12. The number of rotatable bonds is 2. The van der Waals surface area contributed by atoms with E-state index in [4.69, 9.17) is 4.74 Å². The van der Waals surface area contributed by atoms with E-state index in [0.29, 0.717) is 0 Å². The highest BCUT2D eigenvalue weighted by atomic mass is 16.5. The molecule has 1 saturated carbocycles. The lowest BCUT2D eigenvalue weighted by molar-refractivity contribution is -0.146. The molecule has 0 heterocycles. The van der Waals surface area contributed by atoms with E-state index in [9.17, 15) is 4.79 Å². The molecule has 1 aliphatic carbocycles. The van der Waals surface area contributed by atoms with E-state index < -0.39 is 0 Å². The van der Waals surface area contributed by atoms with Gasteiger partial charge in [0, 0.05) is 0 Å². The number of carbonyl (C=O) groups excluding carboxylic acids is 1. The fourth-order valence-corrected chi connectivity index (χ4v) is 1.82. The van der Waals surface area contributed by atoms with Gasteiger partial charge in [-0.3, -0.25) is 4.79 Å². The zero-order valence-electron chi connectivity index (χ0n) is 8.18. The van der Waals surface area contributed by atoms with Crippen molar-refractivity contribution in [3.63, 3.8) is 0 Å². The van der Waals surface area contributed by atoms with Crippen LogP contribution in [0.15, 0.2) is 12.2 Å². The molecule has 0 radical (unpaired) electrons. The van der Waals surface area contributed by atoms with Gasteiger partial charge in [-0.1, -0.05) is 26.0 Å². The summed E-state index contributed by atoms with van der Waals surface area (Å²) >= 11 is 0. The van der Waals surface area contributed by atoms with Crippen molar-refractivity contribution in [1.29, 1.82) is 0 Å². The monoisotopic (exact) mass is 168 g/mol. The van der Waals surface area contributed by atoms with Gasteiger partial charge >= 0.3 is 5.97 Å². The molecule has 0 aromatic heterocycles. The molecule has 68 valence electrons. The first-order valence-corrected chi connectivity index (χ1v) is 4.22. The van der Waals surface area contributed by atoms with E-state index in [2.05, 4.69) is 13.8 Å². The minimum atomic E-state index is -0.337. The molecule has 1 fully saturated rings. The summed E-state index contributed by atoms with van der Waals surface area (Å²) in [7, 11) is 1.45. The van der Waals surface area contributed by atoms with Gasteiger partial charge in [0.1, 0.15) is 0 Å². The van der Waals surface area contributed by atoms with E-state index in [-0.39, 0.29) is 16.8 Å². The zero-order chi connectivity index (χ0) is 9.41. The second-order valence-electron chi connectivity index (χ2n) is 4.02. The predicted octanol–water partition coefficient (Wildman–Crippen LogP) is 2.15. The van der Waals surface area contributed by atoms with E-state index in [0.717, 1.165) is 6.42 Å². The van der Waals surface area contributed by atoms with Gasteiger partial charge in [-0.05, 0) is 18.8 Å². The van der Waals surface area contributed by atoms with Crippen LogP contribution >= 0.6 is 0 Å². The maximum absolute atomic E-state index is 11.4. The summed E-state index contributed by atoms with van der Waals surface area (Å²) in [6.45, 7) is 6.10. The van der Waals surface area contributed by atoms with Crippen LogP contribution in [-0.2, 0) is 9.53 Å². The molecule has 2 heteroatoms. The van der Waals surface area contributed by atoms with Crippen molar-refractivity contribution in [2.24, 2.45) is 10.8 Å². The standard InChI is InChI=1S/C10H16O2/c1-5-6-10(8(11)12-4)7-9(10,2)3/h5-6H,7H2,1-4H3. The first kappa shape index (κ1) is 9.30. The Hall–Kier alpha value is -0.790. The molecular formula is C10H16O2. The topological polar surface area (TPSA) is 26.3 Å². The molecule has 0 saturated heterocycles. The molecule has 0 aromatic carbocycles. The molecule has 1 aliphatic rings. The molecule has 1 unspecified atom stereocenters. The molecular weight excluding hydrogens is 152 g/mol. The fraction of sp³-hybridized carbons (Fsp3) is 0.700. The van der Waals surface area contributed by atoms with Crippen LogP contribution in [0.25, 0.3) is 0 Å². The van der Waals surface area contributed by atoms with Crippen LogP contribution in [0, 0.1) is 10.8 Å². The van der Waals surface area contributed by atoms with Crippen LogP contribution in [0.3, 0.4) is 0 Å². The number of hydrogen-bond acceptors (Lipinski definition) is 2. The van der Waals surface area contributed by atoms with Crippen molar-refractivity contribution >= 4 is 5.97 Å². The summed E-state index contributed by atoms with van der Waals surface area (Å²) < 4.78 is 4.78. The molecule has 0 aliphatic heterocycles. The van der Waals surface area contributed by atoms with E-state index in [1.807, 2.05) is 19.1 Å². The smallest absolute Gasteiger partial charge is 0.316 e. The Labute approximate surface area is 73.6 Å². The van der Waals surface area contributed by atoms with Gasteiger partial charge in [0.2, 0.25) is 0 Å². The van der Waals surface area contributed by atoms with Crippen molar-refractivity contribution in [1.82, 2.24) is 0 Å². The van der Waals surface area contributed by atoms with E-state index >= 15 is 0 Å². The Morgan fingerprint density at radius 1 is 1.50 bits per heavy atom. The molecule has 1 atom stereocenters. The maximum atomic E-state index is 11.4. The largest absolute Gasteiger partial charge is 0.468 e. The van der Waals surface area contributed by atoms with Crippen LogP contribution in [0.1, 0.15) is 27.2 Å². The average molecular weight is 168 g/mol. The summed E-state index contributed by atoms with van der Waals surface area (Å²) in [6.07, 6.45) is 4.78. The van der Waals surface area contributed by atoms with Crippen LogP contribution in [0.2, 0.25) is 0 Å². The molecule has 0 bridgehead atoms. The van der Waals surface area contributed by atoms with Gasteiger partial charge < -0.3 is 4.74 Å². The Bertz CT molecular complexity index is 228. The number of esters is 1. The Morgan fingerprint density at radius 3 is 2.25 bits per heavy atom. The quantitative estimate of drug-likeness (QED) is 0.466. The van der Waals surface area contributed by atoms with Crippen molar-refractivity contribution in [2.45, 2.75) is 27.2 Å². The second-order valence-corrected chi connectivity index (χ2v) is 4.02. The zero-order valence-corrected chi connectivity index (χ0v) is 8.18. The summed E-state index contributed by atoms with van der Waals surface area (Å²) in [5.74, 6) is -0.106. The lowest BCUT2D eigenvalue weighted by atomic mass is 9.95. The Balaban J connectivity index is 2.86. The van der Waals surface area contributed by atoms with Gasteiger partial charge in [-0.25, -0.2) is 0 Å². The summed E-state index contributed by atoms with van der Waals surface area (Å²) in [5, 5.41) is 0. The summed E-state index contributed by atoms with van der Waals surface area (Å²) in [5.41, 5.74) is -0.261. The highest BCUT2D eigenvalue weighted by Gasteiger charge is 2.65. The molecule has 0 aromatic rings. The maximum Gasteiger partial charge on any atom is 0.316 e. The predicted molar refractivity (Wildman–Crippen MR) is 47.7 cm³/mol. The van der Waals surface area contributed by atoms with Crippen molar-refractivity contribution < 1.29 is 9.53 Å². The number of allylic oxidation sites excluding steroid dienone is 1. The van der Waals surface area contributed by atoms with Gasteiger partial charge in [0.25, 0.3) is 0 Å². The van der Waals surface area contributed by atoms with Gasteiger partial charge in [0.05, 0.1) is 12.5 Å². The minimum absolute atomic E-state index is 0.0760. The number of ether oxygens (including phenoxy) is 1. The number of methoxy groups -OCH3 is 1. The van der Waals surface area contributed by atoms with Crippen molar-refractivity contribution in [2.75, 3.05) is 7.11 Å². The van der Waals surface area contributed by atoms with Crippen molar-refractivity contribution in [3.05, 3.63) is 12.2 Å². The lowest BCUT2D eigenvalue weighted by Crippen LogP contribution is -2.20. The molecule has 1 rings (SSSR count).